The summed E-state index contributed by atoms with van der Waals surface area (Å²) in [5.74, 6) is 0.657. The highest BCUT2D eigenvalue weighted by molar-refractivity contribution is 7.09. The van der Waals surface area contributed by atoms with Crippen molar-refractivity contribution in [2.45, 2.75) is 58.9 Å². The lowest BCUT2D eigenvalue weighted by molar-refractivity contribution is 0.368. The van der Waals surface area contributed by atoms with E-state index in [0.717, 1.165) is 12.1 Å². The molecule has 0 aliphatic heterocycles. The Hall–Kier alpha value is -0.410. The van der Waals surface area contributed by atoms with Gasteiger partial charge in [-0.1, -0.05) is 33.1 Å². The van der Waals surface area contributed by atoms with Gasteiger partial charge in [0.25, 0.3) is 0 Å². The fourth-order valence-corrected chi connectivity index (χ4v) is 2.90. The van der Waals surface area contributed by atoms with Crippen LogP contribution in [0.4, 0.5) is 0 Å². The van der Waals surface area contributed by atoms with Gasteiger partial charge in [0.1, 0.15) is 0 Å². The van der Waals surface area contributed by atoms with Crippen LogP contribution in [-0.4, -0.2) is 11.0 Å². The van der Waals surface area contributed by atoms with E-state index in [2.05, 4.69) is 24.2 Å². The van der Waals surface area contributed by atoms with Crippen LogP contribution < -0.4 is 5.73 Å². The van der Waals surface area contributed by atoms with E-state index in [0.29, 0.717) is 5.92 Å². The molecule has 0 radical (unpaired) electrons. The lowest BCUT2D eigenvalue weighted by Crippen LogP contribution is -2.32. The Morgan fingerprint density at radius 3 is 2.69 bits per heavy atom. The number of nitrogens with two attached hydrogens (primary N) is 1. The summed E-state index contributed by atoms with van der Waals surface area (Å²) in [6.45, 7) is 6.52. The minimum atomic E-state index is 0.280. The summed E-state index contributed by atoms with van der Waals surface area (Å²) in [7, 11) is 0. The standard InChI is InChI=1S/C13H24N2S/c1-4-6-7-11(5-2)12(14)8-13-15-10(3)9-16-13/h9,11-12H,4-8,14H2,1-3H3. The Morgan fingerprint density at radius 2 is 2.19 bits per heavy atom. The molecule has 0 fully saturated rings. The lowest BCUT2D eigenvalue weighted by Gasteiger charge is -2.21. The molecule has 16 heavy (non-hydrogen) atoms. The van der Waals surface area contributed by atoms with Gasteiger partial charge in [-0.15, -0.1) is 11.3 Å². The molecule has 0 aromatic carbocycles. The molecule has 0 spiro atoms. The Labute approximate surface area is 103 Å². The summed E-state index contributed by atoms with van der Waals surface area (Å²) >= 11 is 1.74. The summed E-state index contributed by atoms with van der Waals surface area (Å²) in [6, 6.07) is 0.280. The molecule has 0 bridgehead atoms. The van der Waals surface area contributed by atoms with Gasteiger partial charge in [-0.05, 0) is 19.3 Å². The zero-order valence-corrected chi connectivity index (χ0v) is 11.5. The average molecular weight is 240 g/mol. The summed E-state index contributed by atoms with van der Waals surface area (Å²) in [5.41, 5.74) is 7.40. The third-order valence-electron chi connectivity index (χ3n) is 3.14. The summed E-state index contributed by atoms with van der Waals surface area (Å²) in [5, 5.41) is 3.30. The van der Waals surface area contributed by atoms with Crippen LogP contribution in [0.1, 0.15) is 50.2 Å². The van der Waals surface area contributed by atoms with Crippen molar-refractivity contribution in [3.05, 3.63) is 16.1 Å². The normalized spacial score (nSPS) is 15.0. The monoisotopic (exact) mass is 240 g/mol. The lowest BCUT2D eigenvalue weighted by atomic mass is 9.90. The van der Waals surface area contributed by atoms with E-state index in [1.807, 2.05) is 6.92 Å². The largest absolute Gasteiger partial charge is 0.327 e. The third kappa shape index (κ3) is 4.22. The average Bonchev–Trinajstić information content (AvgIpc) is 2.65. The minimum absolute atomic E-state index is 0.280. The third-order valence-corrected chi connectivity index (χ3v) is 4.12. The topological polar surface area (TPSA) is 38.9 Å². The quantitative estimate of drug-likeness (QED) is 0.791. The predicted molar refractivity (Wildman–Crippen MR) is 71.8 cm³/mol. The number of rotatable bonds is 7. The second kappa shape index (κ2) is 7.02. The molecule has 1 rings (SSSR count). The van der Waals surface area contributed by atoms with Gasteiger partial charge in [-0.2, -0.15) is 0 Å². The van der Waals surface area contributed by atoms with Gasteiger partial charge >= 0.3 is 0 Å². The number of hydrogen-bond acceptors (Lipinski definition) is 3. The number of aromatic nitrogens is 1. The van der Waals surface area contributed by atoms with Crippen LogP contribution in [-0.2, 0) is 6.42 Å². The SMILES string of the molecule is CCCCC(CC)C(N)Cc1nc(C)cs1. The molecule has 0 aliphatic carbocycles. The maximum absolute atomic E-state index is 6.28. The zero-order chi connectivity index (χ0) is 12.0. The Kier molecular flexibility index (Phi) is 5.99. The van der Waals surface area contributed by atoms with Gasteiger partial charge in [-0.25, -0.2) is 4.98 Å². The van der Waals surface area contributed by atoms with Crippen molar-refractivity contribution >= 4 is 11.3 Å². The Bertz CT molecular complexity index is 296. The summed E-state index contributed by atoms with van der Waals surface area (Å²) in [6.07, 6.45) is 5.95. The van der Waals surface area contributed by atoms with Crippen LogP contribution in [0.3, 0.4) is 0 Å². The first kappa shape index (κ1) is 13.7. The molecule has 0 saturated heterocycles. The highest BCUT2D eigenvalue weighted by atomic mass is 32.1. The van der Waals surface area contributed by atoms with Gasteiger partial charge in [0.2, 0.25) is 0 Å². The number of thiazole rings is 1. The molecule has 0 amide bonds. The first-order valence-electron chi connectivity index (χ1n) is 6.33. The van der Waals surface area contributed by atoms with Gasteiger partial charge in [0.05, 0.1) is 5.01 Å². The maximum atomic E-state index is 6.28. The fourth-order valence-electron chi connectivity index (χ4n) is 2.05. The second-order valence-corrected chi connectivity index (χ2v) is 5.50. The van der Waals surface area contributed by atoms with E-state index in [9.17, 15) is 0 Å². The number of hydrogen-bond donors (Lipinski definition) is 1. The first-order valence-corrected chi connectivity index (χ1v) is 7.21. The second-order valence-electron chi connectivity index (χ2n) is 4.56. The van der Waals surface area contributed by atoms with Crippen LogP contribution in [0, 0.1) is 12.8 Å². The highest BCUT2D eigenvalue weighted by Gasteiger charge is 2.17. The van der Waals surface area contributed by atoms with Crippen LogP contribution >= 0.6 is 11.3 Å². The number of nitrogens with zero attached hydrogens (tertiary/aromatic N) is 1. The highest BCUT2D eigenvalue weighted by Crippen LogP contribution is 2.20. The zero-order valence-electron chi connectivity index (χ0n) is 10.7. The fraction of sp³-hybridized carbons (Fsp3) is 0.769. The molecule has 0 saturated carbocycles. The number of unbranched alkanes of at least 4 members (excludes halogenated alkanes) is 1. The van der Waals surface area contributed by atoms with Crippen molar-refractivity contribution in [1.29, 1.82) is 0 Å². The smallest absolute Gasteiger partial charge is 0.0943 e. The molecule has 2 atom stereocenters. The summed E-state index contributed by atoms with van der Waals surface area (Å²) in [4.78, 5) is 4.49. The summed E-state index contributed by atoms with van der Waals surface area (Å²) < 4.78 is 0. The van der Waals surface area contributed by atoms with Crippen molar-refractivity contribution in [3.63, 3.8) is 0 Å². The molecule has 2 unspecified atom stereocenters. The molecule has 1 heterocycles. The Balaban J connectivity index is 2.45. The number of aryl methyl sites for hydroxylation is 1. The van der Waals surface area contributed by atoms with E-state index in [4.69, 9.17) is 5.73 Å². The Morgan fingerprint density at radius 1 is 1.44 bits per heavy atom. The molecule has 2 nitrogen and oxygen atoms in total. The molecule has 1 aromatic rings. The van der Waals surface area contributed by atoms with Crippen LogP contribution in [0.25, 0.3) is 0 Å². The van der Waals surface area contributed by atoms with Crippen molar-refractivity contribution in [3.8, 4) is 0 Å². The molecule has 2 N–H and O–H groups in total. The molecule has 3 heteroatoms. The predicted octanol–water partition coefficient (Wildman–Crippen LogP) is 3.54. The van der Waals surface area contributed by atoms with Crippen LogP contribution in [0.15, 0.2) is 5.38 Å². The first-order chi connectivity index (χ1) is 7.67. The van der Waals surface area contributed by atoms with E-state index >= 15 is 0 Å². The molecular formula is C13H24N2S. The molecule has 1 aromatic heterocycles. The van der Waals surface area contributed by atoms with Crippen molar-refractivity contribution < 1.29 is 0 Å². The van der Waals surface area contributed by atoms with Crippen molar-refractivity contribution in [1.82, 2.24) is 4.98 Å². The maximum Gasteiger partial charge on any atom is 0.0943 e. The van der Waals surface area contributed by atoms with E-state index < -0.39 is 0 Å². The molecular weight excluding hydrogens is 216 g/mol. The van der Waals surface area contributed by atoms with E-state index in [1.54, 1.807) is 11.3 Å². The van der Waals surface area contributed by atoms with Crippen LogP contribution in [0.5, 0.6) is 0 Å². The van der Waals surface area contributed by atoms with Crippen molar-refractivity contribution in [2.24, 2.45) is 11.7 Å². The molecule has 92 valence electrons. The van der Waals surface area contributed by atoms with Gasteiger partial charge < -0.3 is 5.73 Å². The van der Waals surface area contributed by atoms with Gasteiger partial charge in [0.15, 0.2) is 0 Å². The minimum Gasteiger partial charge on any atom is -0.327 e. The molecule has 0 aliphatic rings. The van der Waals surface area contributed by atoms with Gasteiger partial charge in [-0.3, -0.25) is 0 Å². The van der Waals surface area contributed by atoms with Crippen molar-refractivity contribution in [2.75, 3.05) is 0 Å². The van der Waals surface area contributed by atoms with Crippen LogP contribution in [0.2, 0.25) is 0 Å². The van der Waals surface area contributed by atoms with Gasteiger partial charge in [0, 0.05) is 23.5 Å². The van der Waals surface area contributed by atoms with E-state index in [-0.39, 0.29) is 6.04 Å². The van der Waals surface area contributed by atoms with E-state index in [1.165, 1.54) is 30.7 Å².